The van der Waals surface area contributed by atoms with E-state index < -0.39 is 0 Å². The average Bonchev–Trinajstić information content (AvgIpc) is 2.96. The molecular formula is C16H33N3OS. The van der Waals surface area contributed by atoms with Gasteiger partial charge < -0.3 is 15.4 Å². The third-order valence-corrected chi connectivity index (χ3v) is 5.05. The molecule has 0 aromatic carbocycles. The van der Waals surface area contributed by atoms with Crippen LogP contribution in [0.3, 0.4) is 0 Å². The normalized spacial score (nSPS) is 20.8. The zero-order valence-corrected chi connectivity index (χ0v) is 15.0. The van der Waals surface area contributed by atoms with Crippen molar-refractivity contribution in [3.05, 3.63) is 0 Å². The highest BCUT2D eigenvalue weighted by atomic mass is 32.2. The van der Waals surface area contributed by atoms with E-state index in [-0.39, 0.29) is 0 Å². The lowest BCUT2D eigenvalue weighted by Crippen LogP contribution is -2.39. The van der Waals surface area contributed by atoms with E-state index in [1.807, 2.05) is 0 Å². The summed E-state index contributed by atoms with van der Waals surface area (Å²) in [6, 6.07) is 0. The fraction of sp³-hybridized carbons (Fsp3) is 0.938. The molecule has 1 heterocycles. The molecule has 0 aromatic rings. The van der Waals surface area contributed by atoms with E-state index in [1.54, 1.807) is 0 Å². The molecule has 1 rings (SSSR count). The first-order chi connectivity index (χ1) is 10.2. The summed E-state index contributed by atoms with van der Waals surface area (Å²) in [5, 5.41) is 7.48. The molecule has 2 unspecified atom stereocenters. The van der Waals surface area contributed by atoms with Gasteiger partial charge in [-0.05, 0) is 44.8 Å². The van der Waals surface area contributed by atoms with Crippen molar-refractivity contribution < 1.29 is 4.74 Å². The van der Waals surface area contributed by atoms with Crippen molar-refractivity contribution in [3.63, 3.8) is 0 Å². The minimum absolute atomic E-state index is 0.329. The summed E-state index contributed by atoms with van der Waals surface area (Å²) in [6.07, 6.45) is 4.01. The Hall–Kier alpha value is -0.420. The van der Waals surface area contributed by atoms with E-state index >= 15 is 0 Å². The Labute approximate surface area is 134 Å². The Kier molecular flexibility index (Phi) is 9.92. The maximum atomic E-state index is 5.78. The van der Waals surface area contributed by atoms with Gasteiger partial charge in [-0.3, -0.25) is 4.99 Å². The lowest BCUT2D eigenvalue weighted by molar-refractivity contribution is 0.0258. The van der Waals surface area contributed by atoms with Crippen molar-refractivity contribution in [2.45, 2.75) is 58.3 Å². The third kappa shape index (κ3) is 7.96. The summed E-state index contributed by atoms with van der Waals surface area (Å²) >= 11 is 2.06. The Morgan fingerprint density at radius 3 is 2.71 bits per heavy atom. The summed E-state index contributed by atoms with van der Waals surface area (Å²) in [4.78, 5) is 4.72. The first-order valence-corrected chi connectivity index (χ1v) is 9.47. The standard InChI is InChI=1S/C16H33N3OS/c1-5-17-16(19-12-14-8-7-11-21-14)18-10-9-15(13(3)4)20-6-2/h13-15H,5-12H2,1-4H3,(H2,17,18,19). The average molecular weight is 316 g/mol. The Bertz CT molecular complexity index is 291. The fourth-order valence-electron chi connectivity index (χ4n) is 2.48. The molecule has 0 saturated carbocycles. The summed E-state index contributed by atoms with van der Waals surface area (Å²) in [6.45, 7) is 12.1. The van der Waals surface area contributed by atoms with Crippen LogP contribution in [0.4, 0.5) is 0 Å². The minimum atomic E-state index is 0.329. The van der Waals surface area contributed by atoms with Crippen LogP contribution in [-0.2, 0) is 4.74 Å². The van der Waals surface area contributed by atoms with Crippen molar-refractivity contribution in [1.29, 1.82) is 0 Å². The zero-order chi connectivity index (χ0) is 15.5. The molecule has 0 radical (unpaired) electrons. The topological polar surface area (TPSA) is 45.7 Å². The van der Waals surface area contributed by atoms with E-state index in [2.05, 4.69) is 50.1 Å². The first kappa shape index (κ1) is 18.6. The predicted octanol–water partition coefficient (Wildman–Crippen LogP) is 2.89. The van der Waals surface area contributed by atoms with Crippen LogP contribution >= 0.6 is 11.8 Å². The van der Waals surface area contributed by atoms with E-state index in [4.69, 9.17) is 9.73 Å². The summed E-state index contributed by atoms with van der Waals surface area (Å²) in [7, 11) is 0. The molecule has 1 aliphatic heterocycles. The van der Waals surface area contributed by atoms with Crippen LogP contribution in [0.5, 0.6) is 0 Å². The predicted molar refractivity (Wildman–Crippen MR) is 94.3 cm³/mol. The van der Waals surface area contributed by atoms with Gasteiger partial charge in [0.25, 0.3) is 0 Å². The molecule has 0 bridgehead atoms. The molecular weight excluding hydrogens is 282 g/mol. The summed E-state index contributed by atoms with van der Waals surface area (Å²) in [5.41, 5.74) is 0. The van der Waals surface area contributed by atoms with Gasteiger partial charge in [0, 0.05) is 24.9 Å². The van der Waals surface area contributed by atoms with Gasteiger partial charge >= 0.3 is 0 Å². The molecule has 4 nitrogen and oxygen atoms in total. The highest BCUT2D eigenvalue weighted by molar-refractivity contribution is 8.00. The van der Waals surface area contributed by atoms with Crippen molar-refractivity contribution in [1.82, 2.24) is 10.6 Å². The number of thioether (sulfide) groups is 1. The molecule has 0 amide bonds. The number of hydrogen-bond donors (Lipinski definition) is 2. The van der Waals surface area contributed by atoms with Crippen LogP contribution < -0.4 is 10.6 Å². The van der Waals surface area contributed by atoms with Gasteiger partial charge in [-0.2, -0.15) is 11.8 Å². The van der Waals surface area contributed by atoms with Crippen LogP contribution in [0.1, 0.15) is 47.0 Å². The Morgan fingerprint density at radius 2 is 2.14 bits per heavy atom. The molecule has 1 saturated heterocycles. The summed E-state index contributed by atoms with van der Waals surface area (Å²) in [5.74, 6) is 2.80. The van der Waals surface area contributed by atoms with Crippen LogP contribution in [0.2, 0.25) is 0 Å². The monoisotopic (exact) mass is 315 g/mol. The second kappa shape index (κ2) is 11.2. The maximum Gasteiger partial charge on any atom is 0.191 e. The number of hydrogen-bond acceptors (Lipinski definition) is 3. The van der Waals surface area contributed by atoms with Crippen molar-refractivity contribution in [2.75, 3.05) is 32.0 Å². The van der Waals surface area contributed by atoms with E-state index in [0.29, 0.717) is 17.3 Å². The highest BCUT2D eigenvalue weighted by Gasteiger charge is 2.15. The fourth-order valence-corrected chi connectivity index (χ4v) is 3.66. The summed E-state index contributed by atoms with van der Waals surface area (Å²) < 4.78 is 5.78. The molecule has 0 aromatic heterocycles. The lowest BCUT2D eigenvalue weighted by atomic mass is 10.0. The number of rotatable bonds is 9. The molecule has 5 heteroatoms. The largest absolute Gasteiger partial charge is 0.378 e. The van der Waals surface area contributed by atoms with E-state index in [0.717, 1.165) is 38.6 Å². The number of nitrogens with one attached hydrogen (secondary N) is 2. The smallest absolute Gasteiger partial charge is 0.191 e. The second-order valence-electron chi connectivity index (χ2n) is 5.81. The van der Waals surface area contributed by atoms with Crippen LogP contribution in [0.25, 0.3) is 0 Å². The highest BCUT2D eigenvalue weighted by Crippen LogP contribution is 2.25. The van der Waals surface area contributed by atoms with Gasteiger partial charge in [-0.15, -0.1) is 0 Å². The van der Waals surface area contributed by atoms with Crippen molar-refractivity contribution in [2.24, 2.45) is 10.9 Å². The molecule has 2 atom stereocenters. The van der Waals surface area contributed by atoms with E-state index in [1.165, 1.54) is 18.6 Å². The SMILES string of the molecule is CCNC(=NCC1CCCS1)NCCC(OCC)C(C)C. The Morgan fingerprint density at radius 1 is 1.33 bits per heavy atom. The quantitative estimate of drug-likeness (QED) is 0.507. The second-order valence-corrected chi connectivity index (χ2v) is 7.22. The van der Waals surface area contributed by atoms with Crippen LogP contribution in [0.15, 0.2) is 4.99 Å². The molecule has 21 heavy (non-hydrogen) atoms. The van der Waals surface area contributed by atoms with Crippen LogP contribution in [0, 0.1) is 5.92 Å². The minimum Gasteiger partial charge on any atom is -0.378 e. The molecule has 0 spiro atoms. The van der Waals surface area contributed by atoms with Gasteiger partial charge in [-0.1, -0.05) is 13.8 Å². The van der Waals surface area contributed by atoms with E-state index in [9.17, 15) is 0 Å². The van der Waals surface area contributed by atoms with Gasteiger partial charge in [0.1, 0.15) is 0 Å². The van der Waals surface area contributed by atoms with Gasteiger partial charge in [-0.25, -0.2) is 0 Å². The number of ether oxygens (including phenoxy) is 1. The maximum absolute atomic E-state index is 5.78. The number of nitrogens with zero attached hydrogens (tertiary/aromatic N) is 1. The van der Waals surface area contributed by atoms with Crippen molar-refractivity contribution in [3.8, 4) is 0 Å². The van der Waals surface area contributed by atoms with Crippen LogP contribution in [-0.4, -0.2) is 49.3 Å². The van der Waals surface area contributed by atoms with Gasteiger partial charge in [0.2, 0.25) is 0 Å². The lowest BCUT2D eigenvalue weighted by Gasteiger charge is -2.21. The van der Waals surface area contributed by atoms with Gasteiger partial charge in [0.05, 0.1) is 12.6 Å². The van der Waals surface area contributed by atoms with Crippen molar-refractivity contribution >= 4 is 17.7 Å². The number of guanidine groups is 1. The first-order valence-electron chi connectivity index (χ1n) is 8.42. The Balaban J connectivity index is 2.33. The molecule has 1 aliphatic rings. The molecule has 124 valence electrons. The molecule has 0 aliphatic carbocycles. The third-order valence-electron chi connectivity index (χ3n) is 3.67. The molecule has 1 fully saturated rings. The van der Waals surface area contributed by atoms with Gasteiger partial charge in [0.15, 0.2) is 5.96 Å². The zero-order valence-electron chi connectivity index (χ0n) is 14.2. The molecule has 2 N–H and O–H groups in total. The number of aliphatic imine (C=N–C) groups is 1.